The summed E-state index contributed by atoms with van der Waals surface area (Å²) < 4.78 is 0. The van der Waals surface area contributed by atoms with Crippen molar-refractivity contribution in [2.75, 3.05) is 0 Å². The minimum absolute atomic E-state index is 0.186. The van der Waals surface area contributed by atoms with Gasteiger partial charge in [-0.25, -0.2) is 0 Å². The summed E-state index contributed by atoms with van der Waals surface area (Å²) >= 11 is 0. The van der Waals surface area contributed by atoms with Gasteiger partial charge in [0.15, 0.2) is 0 Å². The van der Waals surface area contributed by atoms with Gasteiger partial charge in [0.05, 0.1) is 35.6 Å². The molecule has 0 bridgehead atoms. The van der Waals surface area contributed by atoms with Gasteiger partial charge >= 0.3 is 0 Å². The lowest BCUT2D eigenvalue weighted by atomic mass is 9.90. The fraction of sp³-hybridized carbons (Fsp3) is 0.571. The van der Waals surface area contributed by atoms with Gasteiger partial charge in [-0.2, -0.15) is 0 Å². The number of pyridine rings is 1. The Bertz CT molecular complexity index is 677. The molecule has 0 saturated carbocycles. The van der Waals surface area contributed by atoms with Crippen LogP contribution in [-0.2, 0) is 0 Å². The highest BCUT2D eigenvalue weighted by atomic mass is 14.9. The van der Waals surface area contributed by atoms with Crippen molar-refractivity contribution in [3.63, 3.8) is 0 Å². The molecule has 4 atom stereocenters. The molecule has 4 aliphatic rings. The molecule has 0 amide bonds. The summed E-state index contributed by atoms with van der Waals surface area (Å²) in [6, 6.07) is 3.22. The van der Waals surface area contributed by atoms with Crippen LogP contribution < -0.4 is 0 Å². The molecule has 1 aromatic heterocycles. The Kier molecular flexibility index (Phi) is 4.23. The standard InChI is InChI=1S/C21H25N5/c1-5-16(22-9-1)14-13-15(17-6-2-10-23-17)21(19-8-4-12-25-19)26-20(14)18-7-3-11-24-18/h9-13,16-19H,1-8H2. The molecule has 0 fully saturated rings. The summed E-state index contributed by atoms with van der Waals surface area (Å²) in [6.45, 7) is 0. The first-order chi connectivity index (χ1) is 12.9. The second-order valence-electron chi connectivity index (χ2n) is 7.64. The van der Waals surface area contributed by atoms with Crippen LogP contribution in [0.25, 0.3) is 0 Å². The van der Waals surface area contributed by atoms with Crippen molar-refractivity contribution in [2.45, 2.75) is 75.5 Å². The highest BCUT2D eigenvalue weighted by Gasteiger charge is 2.31. The number of aliphatic imine (C=N–C) groups is 4. The molecule has 26 heavy (non-hydrogen) atoms. The maximum absolute atomic E-state index is 5.25. The van der Waals surface area contributed by atoms with Crippen LogP contribution in [0.5, 0.6) is 0 Å². The van der Waals surface area contributed by atoms with Gasteiger partial charge in [-0.3, -0.25) is 25.0 Å². The van der Waals surface area contributed by atoms with Crippen LogP contribution in [0.15, 0.2) is 26.0 Å². The largest absolute Gasteiger partial charge is 0.289 e. The highest BCUT2D eigenvalue weighted by Crippen LogP contribution is 2.42. The van der Waals surface area contributed by atoms with E-state index in [-0.39, 0.29) is 24.2 Å². The molecule has 5 rings (SSSR count). The van der Waals surface area contributed by atoms with E-state index in [4.69, 9.17) is 25.0 Å². The molecule has 4 aliphatic heterocycles. The average Bonchev–Trinajstić information content (AvgIpc) is 3.49. The van der Waals surface area contributed by atoms with Crippen molar-refractivity contribution >= 4 is 24.9 Å². The smallest absolute Gasteiger partial charge is 0.0922 e. The van der Waals surface area contributed by atoms with E-state index in [1.54, 1.807) is 0 Å². The summed E-state index contributed by atoms with van der Waals surface area (Å²) in [4.78, 5) is 24.2. The molecule has 0 spiro atoms. The third kappa shape index (κ3) is 2.83. The summed E-state index contributed by atoms with van der Waals surface area (Å²) in [5.41, 5.74) is 4.85. The molecule has 0 radical (unpaired) electrons. The van der Waals surface area contributed by atoms with Crippen LogP contribution in [0.2, 0.25) is 0 Å². The normalized spacial score (nSPS) is 32.3. The number of nitrogens with zero attached hydrogens (tertiary/aromatic N) is 5. The molecule has 0 N–H and O–H groups in total. The van der Waals surface area contributed by atoms with Crippen molar-refractivity contribution in [1.29, 1.82) is 0 Å². The van der Waals surface area contributed by atoms with Gasteiger partial charge in [-0.1, -0.05) is 0 Å². The van der Waals surface area contributed by atoms with Gasteiger partial charge in [0, 0.05) is 11.1 Å². The van der Waals surface area contributed by atoms with Crippen LogP contribution in [-0.4, -0.2) is 29.8 Å². The second-order valence-corrected chi connectivity index (χ2v) is 7.64. The van der Waals surface area contributed by atoms with E-state index in [2.05, 4.69) is 30.9 Å². The number of hydrogen-bond donors (Lipinski definition) is 0. The third-order valence-electron chi connectivity index (χ3n) is 5.91. The molecular formula is C21H25N5. The van der Waals surface area contributed by atoms with Gasteiger partial charge in [0.25, 0.3) is 0 Å². The van der Waals surface area contributed by atoms with Crippen LogP contribution in [0, 0.1) is 0 Å². The van der Waals surface area contributed by atoms with Crippen molar-refractivity contribution < 1.29 is 0 Å². The van der Waals surface area contributed by atoms with Crippen molar-refractivity contribution in [2.24, 2.45) is 20.0 Å². The Hall–Kier alpha value is -2.17. The second kappa shape index (κ2) is 6.86. The Morgan fingerprint density at radius 3 is 1.27 bits per heavy atom. The Balaban J connectivity index is 1.65. The first-order valence-electron chi connectivity index (χ1n) is 10.0. The van der Waals surface area contributed by atoms with Gasteiger partial charge in [-0.05, 0) is 82.3 Å². The average molecular weight is 347 g/mol. The number of hydrogen-bond acceptors (Lipinski definition) is 5. The zero-order valence-electron chi connectivity index (χ0n) is 15.1. The lowest BCUT2D eigenvalue weighted by molar-refractivity contribution is 0.602. The third-order valence-corrected chi connectivity index (χ3v) is 5.91. The summed E-state index contributed by atoms with van der Waals surface area (Å²) in [7, 11) is 0. The van der Waals surface area contributed by atoms with Gasteiger partial charge < -0.3 is 0 Å². The maximum atomic E-state index is 5.25. The molecule has 5 nitrogen and oxygen atoms in total. The summed E-state index contributed by atoms with van der Waals surface area (Å²) in [5, 5.41) is 0. The zero-order chi connectivity index (χ0) is 17.3. The zero-order valence-corrected chi connectivity index (χ0v) is 15.1. The molecule has 134 valence electrons. The van der Waals surface area contributed by atoms with Crippen LogP contribution in [0.1, 0.15) is 98.0 Å². The van der Waals surface area contributed by atoms with E-state index in [1.165, 1.54) is 11.1 Å². The minimum Gasteiger partial charge on any atom is -0.289 e. The minimum atomic E-state index is 0.186. The Labute approximate surface area is 154 Å². The van der Waals surface area contributed by atoms with Crippen molar-refractivity contribution in [3.05, 3.63) is 28.6 Å². The van der Waals surface area contributed by atoms with E-state index in [0.29, 0.717) is 0 Å². The van der Waals surface area contributed by atoms with Crippen molar-refractivity contribution in [1.82, 2.24) is 4.98 Å². The number of rotatable bonds is 4. The van der Waals surface area contributed by atoms with Gasteiger partial charge in [0.2, 0.25) is 0 Å². The molecule has 0 aliphatic carbocycles. The molecule has 1 aromatic rings. The predicted molar refractivity (Wildman–Crippen MR) is 106 cm³/mol. The van der Waals surface area contributed by atoms with E-state index in [0.717, 1.165) is 62.8 Å². The molecule has 5 heterocycles. The SMILES string of the molecule is C1=NC(c2cc(C3CCC=N3)c(C3CCC=N3)nc2C2CCC=N2)CC1. The summed E-state index contributed by atoms with van der Waals surface area (Å²) in [5.74, 6) is 0. The Morgan fingerprint density at radius 1 is 0.538 bits per heavy atom. The quantitative estimate of drug-likeness (QED) is 0.778. The lowest BCUT2D eigenvalue weighted by Gasteiger charge is -2.23. The molecular weight excluding hydrogens is 322 g/mol. The van der Waals surface area contributed by atoms with E-state index < -0.39 is 0 Å². The lowest BCUT2D eigenvalue weighted by Crippen LogP contribution is -2.13. The molecule has 4 unspecified atom stereocenters. The monoisotopic (exact) mass is 347 g/mol. The topological polar surface area (TPSA) is 62.3 Å². The molecule has 0 aromatic carbocycles. The van der Waals surface area contributed by atoms with E-state index >= 15 is 0 Å². The molecule has 5 heteroatoms. The molecule has 0 saturated heterocycles. The van der Waals surface area contributed by atoms with Crippen LogP contribution in [0.4, 0.5) is 0 Å². The fourth-order valence-electron chi connectivity index (χ4n) is 4.56. The van der Waals surface area contributed by atoms with E-state index in [9.17, 15) is 0 Å². The van der Waals surface area contributed by atoms with Crippen LogP contribution >= 0.6 is 0 Å². The highest BCUT2D eigenvalue weighted by molar-refractivity contribution is 5.64. The first kappa shape index (κ1) is 16.0. The van der Waals surface area contributed by atoms with Gasteiger partial charge in [-0.15, -0.1) is 0 Å². The maximum Gasteiger partial charge on any atom is 0.0922 e. The van der Waals surface area contributed by atoms with Gasteiger partial charge in [0.1, 0.15) is 0 Å². The fourth-order valence-corrected chi connectivity index (χ4v) is 4.56. The van der Waals surface area contributed by atoms with Crippen molar-refractivity contribution in [3.8, 4) is 0 Å². The Morgan fingerprint density at radius 2 is 0.923 bits per heavy atom. The number of aromatic nitrogens is 1. The van der Waals surface area contributed by atoms with Crippen LogP contribution in [0.3, 0.4) is 0 Å². The van der Waals surface area contributed by atoms with E-state index in [1.807, 2.05) is 0 Å². The predicted octanol–water partition coefficient (Wildman–Crippen LogP) is 4.70. The summed E-state index contributed by atoms with van der Waals surface area (Å²) in [6.07, 6.45) is 16.7. The first-order valence-corrected chi connectivity index (χ1v) is 10.0.